The third kappa shape index (κ3) is 2.87. The number of rotatable bonds is 1. The number of carbonyl (C=O) groups excluding carboxylic acids is 1. The van der Waals surface area contributed by atoms with Gasteiger partial charge in [-0.25, -0.2) is 0 Å². The molecular formula is C17H22INO. The van der Waals surface area contributed by atoms with Crippen molar-refractivity contribution in [3.8, 4) is 0 Å². The van der Waals surface area contributed by atoms with Crippen molar-refractivity contribution in [1.82, 2.24) is 4.90 Å². The quantitative estimate of drug-likeness (QED) is 0.655. The zero-order valence-electron chi connectivity index (χ0n) is 11.9. The van der Waals surface area contributed by atoms with E-state index in [1.807, 2.05) is 24.3 Å². The lowest BCUT2D eigenvalue weighted by Gasteiger charge is -2.44. The highest BCUT2D eigenvalue weighted by molar-refractivity contribution is 14.1. The van der Waals surface area contributed by atoms with Crippen molar-refractivity contribution < 1.29 is 4.79 Å². The number of halogens is 1. The second-order valence-corrected chi connectivity index (χ2v) is 7.49. The fourth-order valence-corrected chi connectivity index (χ4v) is 4.41. The van der Waals surface area contributed by atoms with Gasteiger partial charge in [0, 0.05) is 16.7 Å². The van der Waals surface area contributed by atoms with Crippen molar-refractivity contribution in [1.29, 1.82) is 0 Å². The summed E-state index contributed by atoms with van der Waals surface area (Å²) in [6, 6.07) is 7.92. The van der Waals surface area contributed by atoms with Crippen molar-refractivity contribution in [2.45, 2.75) is 44.9 Å². The van der Waals surface area contributed by atoms with E-state index in [0.717, 1.165) is 22.2 Å². The topological polar surface area (TPSA) is 20.3 Å². The maximum absolute atomic E-state index is 12.6. The Kier molecular flexibility index (Phi) is 4.34. The van der Waals surface area contributed by atoms with Gasteiger partial charge in [-0.05, 0) is 65.8 Å². The van der Waals surface area contributed by atoms with E-state index in [1.165, 1.54) is 44.9 Å². The molecule has 1 heterocycles. The fourth-order valence-electron chi connectivity index (χ4n) is 3.79. The van der Waals surface area contributed by atoms with Gasteiger partial charge in [-0.3, -0.25) is 4.79 Å². The lowest BCUT2D eigenvalue weighted by Crippen LogP contribution is -2.44. The molecule has 2 aliphatic rings. The summed E-state index contributed by atoms with van der Waals surface area (Å²) in [5, 5.41) is 0. The summed E-state index contributed by atoms with van der Waals surface area (Å²) in [4.78, 5) is 14.7. The molecule has 1 saturated heterocycles. The molecule has 0 aromatic heterocycles. The summed E-state index contributed by atoms with van der Waals surface area (Å²) < 4.78 is 1.06. The maximum atomic E-state index is 12.6. The average molecular weight is 383 g/mol. The molecule has 1 amide bonds. The normalized spacial score (nSPS) is 21.9. The Labute approximate surface area is 135 Å². The molecule has 108 valence electrons. The van der Waals surface area contributed by atoms with Gasteiger partial charge in [0.15, 0.2) is 0 Å². The lowest BCUT2D eigenvalue weighted by molar-refractivity contribution is 0.0471. The van der Waals surface area contributed by atoms with Crippen LogP contribution in [0.5, 0.6) is 0 Å². The van der Waals surface area contributed by atoms with E-state index in [4.69, 9.17) is 0 Å². The molecule has 3 rings (SSSR count). The molecule has 1 aromatic rings. The van der Waals surface area contributed by atoms with Gasteiger partial charge in [-0.1, -0.05) is 31.4 Å². The van der Waals surface area contributed by atoms with Crippen LogP contribution in [-0.4, -0.2) is 23.9 Å². The van der Waals surface area contributed by atoms with E-state index in [2.05, 4.69) is 27.5 Å². The van der Waals surface area contributed by atoms with Gasteiger partial charge in [-0.2, -0.15) is 0 Å². The maximum Gasteiger partial charge on any atom is 0.254 e. The molecule has 2 nitrogen and oxygen atoms in total. The van der Waals surface area contributed by atoms with Crippen LogP contribution in [0.3, 0.4) is 0 Å². The molecule has 2 fully saturated rings. The third-order valence-electron chi connectivity index (χ3n) is 5.13. The van der Waals surface area contributed by atoms with Crippen molar-refractivity contribution in [3.05, 3.63) is 33.4 Å². The first-order valence-corrected chi connectivity index (χ1v) is 8.82. The zero-order valence-corrected chi connectivity index (χ0v) is 14.1. The van der Waals surface area contributed by atoms with Gasteiger partial charge in [0.05, 0.1) is 5.56 Å². The number of carbonyl (C=O) groups is 1. The van der Waals surface area contributed by atoms with E-state index in [9.17, 15) is 4.79 Å². The van der Waals surface area contributed by atoms with E-state index in [-0.39, 0.29) is 5.91 Å². The molecule has 1 saturated carbocycles. The largest absolute Gasteiger partial charge is 0.339 e. The standard InChI is InChI=1S/C17H22INO/c18-15-7-3-2-6-14(15)16(20)19-12-10-17(11-13-19)8-4-1-5-9-17/h2-3,6-7H,1,4-5,8-13H2. The van der Waals surface area contributed by atoms with Crippen LogP contribution in [0.15, 0.2) is 24.3 Å². The van der Waals surface area contributed by atoms with Gasteiger partial charge in [0.1, 0.15) is 0 Å². The molecule has 0 radical (unpaired) electrons. The van der Waals surface area contributed by atoms with E-state index < -0.39 is 0 Å². The SMILES string of the molecule is O=C(c1ccccc1I)N1CCC2(CCCCC2)CC1. The summed E-state index contributed by atoms with van der Waals surface area (Å²) in [6.07, 6.45) is 9.39. The molecule has 1 spiro atoms. The highest BCUT2D eigenvalue weighted by Gasteiger charge is 2.36. The second-order valence-electron chi connectivity index (χ2n) is 6.33. The molecule has 0 bridgehead atoms. The minimum atomic E-state index is 0.223. The van der Waals surface area contributed by atoms with Crippen LogP contribution >= 0.6 is 22.6 Å². The van der Waals surface area contributed by atoms with E-state index in [0.29, 0.717) is 5.41 Å². The molecule has 1 aliphatic carbocycles. The summed E-state index contributed by atoms with van der Waals surface area (Å²) in [6.45, 7) is 1.90. The first-order chi connectivity index (χ1) is 9.70. The van der Waals surface area contributed by atoms with Crippen LogP contribution in [-0.2, 0) is 0 Å². The Morgan fingerprint density at radius 3 is 2.30 bits per heavy atom. The number of nitrogens with zero attached hydrogens (tertiary/aromatic N) is 1. The molecule has 0 unspecified atom stereocenters. The highest BCUT2D eigenvalue weighted by atomic mass is 127. The smallest absolute Gasteiger partial charge is 0.254 e. The second kappa shape index (κ2) is 6.04. The molecule has 1 aliphatic heterocycles. The first-order valence-electron chi connectivity index (χ1n) is 7.74. The van der Waals surface area contributed by atoms with E-state index >= 15 is 0 Å². The summed E-state index contributed by atoms with van der Waals surface area (Å²) in [7, 11) is 0. The van der Waals surface area contributed by atoms with E-state index in [1.54, 1.807) is 0 Å². The number of benzene rings is 1. The van der Waals surface area contributed by atoms with Crippen molar-refractivity contribution >= 4 is 28.5 Å². The van der Waals surface area contributed by atoms with Crippen LogP contribution in [0.1, 0.15) is 55.3 Å². The Morgan fingerprint density at radius 1 is 1.00 bits per heavy atom. The van der Waals surface area contributed by atoms with Gasteiger partial charge < -0.3 is 4.90 Å². The Hall–Kier alpha value is -0.580. The van der Waals surface area contributed by atoms with Crippen molar-refractivity contribution in [2.24, 2.45) is 5.41 Å². The minimum absolute atomic E-state index is 0.223. The van der Waals surface area contributed by atoms with Crippen LogP contribution in [0, 0.1) is 8.99 Å². The number of amides is 1. The molecule has 0 atom stereocenters. The number of likely N-dealkylation sites (tertiary alicyclic amines) is 1. The summed E-state index contributed by atoms with van der Waals surface area (Å²) in [5.74, 6) is 0.223. The summed E-state index contributed by atoms with van der Waals surface area (Å²) in [5.41, 5.74) is 1.44. The predicted octanol–water partition coefficient (Wildman–Crippen LogP) is 4.48. The molecule has 0 N–H and O–H groups in total. The lowest BCUT2D eigenvalue weighted by atomic mass is 9.68. The minimum Gasteiger partial charge on any atom is -0.339 e. The van der Waals surface area contributed by atoms with Crippen molar-refractivity contribution in [3.63, 3.8) is 0 Å². The fraction of sp³-hybridized carbons (Fsp3) is 0.588. The van der Waals surface area contributed by atoms with Crippen LogP contribution in [0.25, 0.3) is 0 Å². The Bertz CT molecular complexity index is 484. The van der Waals surface area contributed by atoms with Gasteiger partial charge in [0.25, 0.3) is 5.91 Å². The first kappa shape index (κ1) is 14.4. The number of hydrogen-bond donors (Lipinski definition) is 0. The average Bonchev–Trinajstić information content (AvgIpc) is 2.49. The Balaban J connectivity index is 1.66. The van der Waals surface area contributed by atoms with Crippen LogP contribution in [0.2, 0.25) is 0 Å². The van der Waals surface area contributed by atoms with Crippen molar-refractivity contribution in [2.75, 3.05) is 13.1 Å². The molecule has 1 aromatic carbocycles. The Morgan fingerprint density at radius 2 is 1.65 bits per heavy atom. The van der Waals surface area contributed by atoms with Gasteiger partial charge >= 0.3 is 0 Å². The predicted molar refractivity (Wildman–Crippen MR) is 89.8 cm³/mol. The molecular weight excluding hydrogens is 361 g/mol. The summed E-state index contributed by atoms with van der Waals surface area (Å²) >= 11 is 2.26. The van der Waals surface area contributed by atoms with Gasteiger partial charge in [-0.15, -0.1) is 0 Å². The highest BCUT2D eigenvalue weighted by Crippen LogP contribution is 2.44. The number of piperidine rings is 1. The van der Waals surface area contributed by atoms with Gasteiger partial charge in [0.2, 0.25) is 0 Å². The zero-order chi connectivity index (χ0) is 14.0. The van der Waals surface area contributed by atoms with Crippen LogP contribution in [0.4, 0.5) is 0 Å². The number of hydrogen-bond acceptors (Lipinski definition) is 1. The van der Waals surface area contributed by atoms with Crippen LogP contribution < -0.4 is 0 Å². The monoisotopic (exact) mass is 383 g/mol. The third-order valence-corrected chi connectivity index (χ3v) is 6.07. The molecule has 20 heavy (non-hydrogen) atoms. The molecule has 3 heteroatoms.